The molecule has 1 unspecified atom stereocenters. The second kappa shape index (κ2) is 10.9. The van der Waals surface area contributed by atoms with Crippen molar-refractivity contribution in [1.82, 2.24) is 15.0 Å². The highest BCUT2D eigenvalue weighted by atomic mass is 16.8. The van der Waals surface area contributed by atoms with Crippen LogP contribution in [0.1, 0.15) is 36.6 Å². The van der Waals surface area contributed by atoms with E-state index in [9.17, 15) is 10.1 Å². The predicted octanol–water partition coefficient (Wildman–Crippen LogP) is 5.00. The lowest BCUT2D eigenvalue weighted by Crippen LogP contribution is -2.18. The first-order chi connectivity index (χ1) is 17.0. The number of fused-ring (bicyclic) bond motifs is 1. The minimum atomic E-state index is -0.830. The number of nitriles is 1. The molecule has 0 radical (unpaired) electrons. The van der Waals surface area contributed by atoms with Crippen LogP contribution in [0.5, 0.6) is 5.75 Å². The number of nitrogens with one attached hydrogen (secondary N) is 1. The number of hydrogen-bond acceptors (Lipinski definition) is 9. The summed E-state index contributed by atoms with van der Waals surface area (Å²) in [7, 11) is 0. The van der Waals surface area contributed by atoms with E-state index in [4.69, 9.17) is 14.2 Å². The van der Waals surface area contributed by atoms with Gasteiger partial charge < -0.3 is 19.5 Å². The Hall–Kier alpha value is -4.71. The Morgan fingerprint density at radius 1 is 1.03 bits per heavy atom. The fourth-order valence-electron chi connectivity index (χ4n) is 3.51. The number of anilines is 1. The van der Waals surface area contributed by atoms with E-state index in [0.717, 1.165) is 10.9 Å². The van der Waals surface area contributed by atoms with Crippen LogP contribution in [-0.4, -0.2) is 34.0 Å². The fraction of sp³-hybridized carbons (Fsp3) is 0.192. The molecular formula is C26H23N5O4. The molecule has 0 aliphatic heterocycles. The van der Waals surface area contributed by atoms with Crippen molar-refractivity contribution in [2.24, 2.45) is 0 Å². The SMILES string of the molecule is CC(C)OC(=O)OCOc1c(C(Nc2ncccn2)c2cccc(C#N)c2)ccc2cccnc12. The Kier molecular flexibility index (Phi) is 7.33. The first kappa shape index (κ1) is 23.4. The fourth-order valence-corrected chi connectivity index (χ4v) is 3.51. The number of carbonyl (C=O) groups excluding carboxylic acids is 1. The second-order valence-corrected chi connectivity index (χ2v) is 7.77. The highest BCUT2D eigenvalue weighted by Crippen LogP contribution is 2.37. The second-order valence-electron chi connectivity index (χ2n) is 7.77. The van der Waals surface area contributed by atoms with Crippen molar-refractivity contribution >= 4 is 23.0 Å². The summed E-state index contributed by atoms with van der Waals surface area (Å²) < 4.78 is 16.1. The lowest BCUT2D eigenvalue weighted by Gasteiger charge is -2.23. The largest absolute Gasteiger partial charge is 0.511 e. The van der Waals surface area contributed by atoms with Crippen molar-refractivity contribution in [3.05, 3.63) is 89.9 Å². The molecule has 2 aromatic heterocycles. The van der Waals surface area contributed by atoms with Crippen LogP contribution in [-0.2, 0) is 9.47 Å². The van der Waals surface area contributed by atoms with E-state index >= 15 is 0 Å². The summed E-state index contributed by atoms with van der Waals surface area (Å²) in [5.74, 6) is 0.805. The molecule has 0 bridgehead atoms. The van der Waals surface area contributed by atoms with Gasteiger partial charge in [0.25, 0.3) is 0 Å². The Bertz CT molecular complexity index is 1350. The van der Waals surface area contributed by atoms with Gasteiger partial charge in [-0.1, -0.05) is 30.3 Å². The maximum Gasteiger partial charge on any atom is 0.511 e. The van der Waals surface area contributed by atoms with Gasteiger partial charge in [0.05, 0.1) is 23.8 Å². The van der Waals surface area contributed by atoms with Gasteiger partial charge in [-0.25, -0.2) is 14.8 Å². The summed E-state index contributed by atoms with van der Waals surface area (Å²) in [6.07, 6.45) is 3.77. The van der Waals surface area contributed by atoms with Crippen LogP contribution in [0.2, 0.25) is 0 Å². The molecule has 0 fully saturated rings. The van der Waals surface area contributed by atoms with E-state index in [1.54, 1.807) is 56.7 Å². The molecule has 176 valence electrons. The normalized spacial score (nSPS) is 11.5. The molecule has 35 heavy (non-hydrogen) atoms. The molecule has 0 aliphatic carbocycles. The standard InChI is InChI=1S/C26H23N5O4/c1-17(2)35-26(32)34-16-33-24-21(10-9-19-8-4-11-28-23(19)24)22(31-25-29-12-5-13-30-25)20-7-3-6-18(14-20)15-27/h3-14,17,22H,16H2,1-2H3,(H,29,30,31). The number of carbonyl (C=O) groups is 1. The smallest absolute Gasteiger partial charge is 0.455 e. The van der Waals surface area contributed by atoms with Gasteiger partial charge in [0.2, 0.25) is 12.7 Å². The zero-order valence-electron chi connectivity index (χ0n) is 19.2. The molecule has 2 aromatic carbocycles. The molecule has 1 atom stereocenters. The van der Waals surface area contributed by atoms with Crippen LogP contribution in [0, 0.1) is 11.3 Å². The summed E-state index contributed by atoms with van der Waals surface area (Å²) in [5, 5.41) is 13.6. The minimum Gasteiger partial charge on any atom is -0.455 e. The number of nitrogens with zero attached hydrogens (tertiary/aromatic N) is 4. The summed E-state index contributed by atoms with van der Waals surface area (Å²) >= 11 is 0. The molecule has 4 aromatic rings. The first-order valence-electron chi connectivity index (χ1n) is 10.9. The number of aromatic nitrogens is 3. The lowest BCUT2D eigenvalue weighted by atomic mass is 9.95. The van der Waals surface area contributed by atoms with Crippen molar-refractivity contribution in [3.8, 4) is 11.8 Å². The van der Waals surface area contributed by atoms with Gasteiger partial charge in [-0.05, 0) is 43.7 Å². The Morgan fingerprint density at radius 2 is 1.83 bits per heavy atom. The summed E-state index contributed by atoms with van der Waals surface area (Å²) in [6, 6.07) is 18.1. The Balaban J connectivity index is 1.77. The van der Waals surface area contributed by atoms with Gasteiger partial charge >= 0.3 is 6.16 Å². The summed E-state index contributed by atoms with van der Waals surface area (Å²) in [6.45, 7) is 3.08. The van der Waals surface area contributed by atoms with Crippen molar-refractivity contribution in [2.45, 2.75) is 26.0 Å². The van der Waals surface area contributed by atoms with Crippen LogP contribution < -0.4 is 10.1 Å². The molecule has 0 amide bonds. The van der Waals surface area contributed by atoms with Gasteiger partial charge in [-0.3, -0.25) is 4.98 Å². The van der Waals surface area contributed by atoms with Crippen LogP contribution in [0.25, 0.3) is 10.9 Å². The maximum absolute atomic E-state index is 11.9. The quantitative estimate of drug-likeness (QED) is 0.281. The van der Waals surface area contributed by atoms with Crippen LogP contribution in [0.4, 0.5) is 10.7 Å². The predicted molar refractivity (Wildman–Crippen MR) is 129 cm³/mol. The van der Waals surface area contributed by atoms with E-state index in [-0.39, 0.29) is 12.9 Å². The first-order valence-corrected chi connectivity index (χ1v) is 10.9. The van der Waals surface area contributed by atoms with Gasteiger partial charge in [-0.15, -0.1) is 0 Å². The molecule has 0 spiro atoms. The minimum absolute atomic E-state index is 0.316. The average Bonchev–Trinajstić information content (AvgIpc) is 2.87. The van der Waals surface area contributed by atoms with Gasteiger partial charge in [0.15, 0.2) is 5.75 Å². The lowest BCUT2D eigenvalue weighted by molar-refractivity contribution is -0.00807. The highest BCUT2D eigenvalue weighted by molar-refractivity contribution is 5.86. The van der Waals surface area contributed by atoms with Crippen molar-refractivity contribution in [1.29, 1.82) is 5.26 Å². The van der Waals surface area contributed by atoms with E-state index in [2.05, 4.69) is 26.3 Å². The molecule has 0 saturated carbocycles. The third-order valence-corrected chi connectivity index (χ3v) is 4.97. The van der Waals surface area contributed by atoms with Crippen LogP contribution in [0.15, 0.2) is 73.2 Å². The number of ether oxygens (including phenoxy) is 3. The number of rotatable bonds is 8. The van der Waals surface area contributed by atoms with Crippen molar-refractivity contribution in [3.63, 3.8) is 0 Å². The van der Waals surface area contributed by atoms with Crippen LogP contribution in [0.3, 0.4) is 0 Å². The average molecular weight is 470 g/mol. The molecule has 4 rings (SSSR count). The number of pyridine rings is 1. The highest BCUT2D eigenvalue weighted by Gasteiger charge is 2.23. The Labute approximate surface area is 202 Å². The molecule has 9 heteroatoms. The van der Waals surface area contributed by atoms with Crippen LogP contribution >= 0.6 is 0 Å². The Morgan fingerprint density at radius 3 is 2.60 bits per heavy atom. The number of hydrogen-bond donors (Lipinski definition) is 1. The summed E-state index contributed by atoms with van der Waals surface area (Å²) in [5.41, 5.74) is 2.57. The topological polar surface area (TPSA) is 119 Å². The van der Waals surface area contributed by atoms with Gasteiger partial charge in [-0.2, -0.15) is 5.26 Å². The molecule has 2 heterocycles. The van der Waals surface area contributed by atoms with Gasteiger partial charge in [0, 0.05) is 29.5 Å². The molecule has 0 aliphatic rings. The van der Waals surface area contributed by atoms with E-state index in [0.29, 0.717) is 28.3 Å². The van der Waals surface area contributed by atoms with E-state index in [1.807, 2.05) is 30.3 Å². The third kappa shape index (κ3) is 5.81. The maximum atomic E-state index is 11.9. The zero-order valence-corrected chi connectivity index (χ0v) is 19.2. The van der Waals surface area contributed by atoms with Gasteiger partial charge in [0.1, 0.15) is 5.52 Å². The van der Waals surface area contributed by atoms with E-state index < -0.39 is 12.2 Å². The zero-order chi connectivity index (χ0) is 24.6. The molecule has 9 nitrogen and oxygen atoms in total. The molecule has 1 N–H and O–H groups in total. The number of benzene rings is 2. The van der Waals surface area contributed by atoms with Crippen molar-refractivity contribution < 1.29 is 19.0 Å². The van der Waals surface area contributed by atoms with E-state index in [1.165, 1.54) is 0 Å². The van der Waals surface area contributed by atoms with Crippen molar-refractivity contribution in [2.75, 3.05) is 12.1 Å². The molecular weight excluding hydrogens is 446 g/mol. The molecule has 0 saturated heterocycles. The third-order valence-electron chi connectivity index (χ3n) is 4.97. The monoisotopic (exact) mass is 469 g/mol. The summed E-state index contributed by atoms with van der Waals surface area (Å²) in [4.78, 5) is 24.9.